The van der Waals surface area contributed by atoms with Gasteiger partial charge in [0.1, 0.15) is 0 Å². The van der Waals surface area contributed by atoms with Crippen molar-refractivity contribution < 1.29 is 0 Å². The SMILES string of the molecule is CN1CC2(CCCN2C2CCNCC2)C1. The highest BCUT2D eigenvalue weighted by Crippen LogP contribution is 2.39. The molecule has 3 saturated heterocycles. The summed E-state index contributed by atoms with van der Waals surface area (Å²) in [7, 11) is 2.25. The van der Waals surface area contributed by atoms with Gasteiger partial charge in [0.2, 0.25) is 0 Å². The number of hydrogen-bond acceptors (Lipinski definition) is 3. The number of nitrogens with one attached hydrogen (secondary N) is 1. The standard InChI is InChI=1S/C12H23N3/c1-14-9-12(10-14)5-2-8-15(12)11-3-6-13-7-4-11/h11,13H,2-10H2,1H3. The van der Waals surface area contributed by atoms with Gasteiger partial charge in [-0.3, -0.25) is 4.90 Å². The number of hydrogen-bond donors (Lipinski definition) is 1. The summed E-state index contributed by atoms with van der Waals surface area (Å²) in [4.78, 5) is 5.33. The van der Waals surface area contributed by atoms with Gasteiger partial charge in [-0.25, -0.2) is 0 Å². The maximum absolute atomic E-state index is 3.47. The molecule has 3 nitrogen and oxygen atoms in total. The van der Waals surface area contributed by atoms with Gasteiger partial charge in [0, 0.05) is 24.7 Å². The van der Waals surface area contributed by atoms with Gasteiger partial charge in [0.25, 0.3) is 0 Å². The second-order valence-electron chi connectivity index (χ2n) is 5.67. The summed E-state index contributed by atoms with van der Waals surface area (Å²) in [6.07, 6.45) is 5.61. The molecule has 0 radical (unpaired) electrons. The van der Waals surface area contributed by atoms with Gasteiger partial charge in [0.15, 0.2) is 0 Å². The Bertz CT molecular complexity index is 229. The van der Waals surface area contributed by atoms with Crippen molar-refractivity contribution in [1.29, 1.82) is 0 Å². The lowest BCUT2D eigenvalue weighted by molar-refractivity contribution is -0.0425. The van der Waals surface area contributed by atoms with Crippen molar-refractivity contribution in [1.82, 2.24) is 15.1 Å². The zero-order valence-corrected chi connectivity index (χ0v) is 9.84. The first-order valence-corrected chi connectivity index (χ1v) is 6.46. The lowest BCUT2D eigenvalue weighted by Gasteiger charge is -2.54. The molecule has 0 aromatic carbocycles. The topological polar surface area (TPSA) is 18.5 Å². The Hall–Kier alpha value is -0.120. The molecule has 0 aromatic rings. The van der Waals surface area contributed by atoms with E-state index in [0.29, 0.717) is 5.54 Å². The van der Waals surface area contributed by atoms with E-state index in [9.17, 15) is 0 Å². The third kappa shape index (κ3) is 1.61. The number of likely N-dealkylation sites (tertiary alicyclic amines) is 2. The molecule has 3 aliphatic heterocycles. The zero-order valence-electron chi connectivity index (χ0n) is 9.84. The Morgan fingerprint density at radius 2 is 1.93 bits per heavy atom. The van der Waals surface area contributed by atoms with Crippen LogP contribution in [-0.4, -0.2) is 61.2 Å². The molecule has 0 bridgehead atoms. The van der Waals surface area contributed by atoms with Crippen LogP contribution in [0.2, 0.25) is 0 Å². The fourth-order valence-electron chi connectivity index (χ4n) is 3.95. The summed E-state index contributed by atoms with van der Waals surface area (Å²) in [5.74, 6) is 0. The maximum atomic E-state index is 3.47. The molecule has 3 rings (SSSR count). The van der Waals surface area contributed by atoms with Crippen LogP contribution in [-0.2, 0) is 0 Å². The van der Waals surface area contributed by atoms with Crippen molar-refractivity contribution in [3.05, 3.63) is 0 Å². The third-order valence-corrected chi connectivity index (χ3v) is 4.53. The molecular formula is C12H23N3. The van der Waals surface area contributed by atoms with E-state index in [4.69, 9.17) is 0 Å². The summed E-state index contributed by atoms with van der Waals surface area (Å²) in [5.41, 5.74) is 0.594. The van der Waals surface area contributed by atoms with Crippen LogP contribution in [0.25, 0.3) is 0 Å². The Balaban J connectivity index is 1.68. The zero-order chi connectivity index (χ0) is 10.3. The number of nitrogens with zero attached hydrogens (tertiary/aromatic N) is 2. The van der Waals surface area contributed by atoms with Gasteiger partial charge in [-0.2, -0.15) is 0 Å². The quantitative estimate of drug-likeness (QED) is 0.679. The average Bonchev–Trinajstić information content (AvgIpc) is 2.63. The highest BCUT2D eigenvalue weighted by molar-refractivity contribution is 5.08. The van der Waals surface area contributed by atoms with Gasteiger partial charge >= 0.3 is 0 Å². The highest BCUT2D eigenvalue weighted by Gasteiger charge is 2.50. The molecule has 86 valence electrons. The molecule has 0 aromatic heterocycles. The molecule has 3 heterocycles. The molecule has 1 spiro atoms. The largest absolute Gasteiger partial charge is 0.317 e. The van der Waals surface area contributed by atoms with E-state index in [1.807, 2.05) is 0 Å². The molecule has 15 heavy (non-hydrogen) atoms. The summed E-state index contributed by atoms with van der Waals surface area (Å²) < 4.78 is 0. The van der Waals surface area contributed by atoms with Crippen LogP contribution < -0.4 is 5.32 Å². The van der Waals surface area contributed by atoms with Crippen molar-refractivity contribution >= 4 is 0 Å². The monoisotopic (exact) mass is 209 g/mol. The van der Waals surface area contributed by atoms with Crippen LogP contribution in [0.1, 0.15) is 25.7 Å². The molecular weight excluding hydrogens is 186 g/mol. The third-order valence-electron chi connectivity index (χ3n) is 4.53. The Morgan fingerprint density at radius 1 is 1.20 bits per heavy atom. The minimum atomic E-state index is 0.594. The molecule has 3 fully saturated rings. The maximum Gasteiger partial charge on any atom is 0.0466 e. The Kier molecular flexibility index (Phi) is 2.49. The molecule has 1 N–H and O–H groups in total. The minimum absolute atomic E-state index is 0.594. The molecule has 0 aliphatic carbocycles. The van der Waals surface area contributed by atoms with E-state index in [-0.39, 0.29) is 0 Å². The lowest BCUT2D eigenvalue weighted by atomic mass is 9.85. The van der Waals surface area contributed by atoms with Crippen LogP contribution in [0, 0.1) is 0 Å². The second kappa shape index (κ2) is 3.72. The summed E-state index contributed by atoms with van der Waals surface area (Å²) in [6, 6.07) is 0.877. The molecule has 3 heteroatoms. The van der Waals surface area contributed by atoms with Gasteiger partial charge in [-0.1, -0.05) is 0 Å². The van der Waals surface area contributed by atoms with Crippen molar-refractivity contribution in [3.63, 3.8) is 0 Å². The van der Waals surface area contributed by atoms with Crippen molar-refractivity contribution in [3.8, 4) is 0 Å². The van der Waals surface area contributed by atoms with E-state index in [2.05, 4.69) is 22.2 Å². The second-order valence-corrected chi connectivity index (χ2v) is 5.67. The molecule has 3 aliphatic rings. The van der Waals surface area contributed by atoms with E-state index in [0.717, 1.165) is 6.04 Å². The fourth-order valence-corrected chi connectivity index (χ4v) is 3.95. The van der Waals surface area contributed by atoms with Crippen LogP contribution in [0.15, 0.2) is 0 Å². The number of rotatable bonds is 1. The van der Waals surface area contributed by atoms with E-state index in [1.165, 1.54) is 58.4 Å². The van der Waals surface area contributed by atoms with Crippen molar-refractivity contribution in [2.45, 2.75) is 37.3 Å². The molecule has 0 amide bonds. The van der Waals surface area contributed by atoms with E-state index >= 15 is 0 Å². The normalized spacial score (nSPS) is 33.4. The first kappa shape index (κ1) is 10.1. The summed E-state index contributed by atoms with van der Waals surface area (Å²) in [5, 5.41) is 3.47. The summed E-state index contributed by atoms with van der Waals surface area (Å²) >= 11 is 0. The number of likely N-dealkylation sites (N-methyl/N-ethyl adjacent to an activating group) is 1. The van der Waals surface area contributed by atoms with Gasteiger partial charge in [0.05, 0.1) is 0 Å². The smallest absolute Gasteiger partial charge is 0.0466 e. The van der Waals surface area contributed by atoms with Gasteiger partial charge < -0.3 is 10.2 Å². The average molecular weight is 209 g/mol. The first-order valence-electron chi connectivity index (χ1n) is 6.46. The number of piperidine rings is 1. The summed E-state index contributed by atoms with van der Waals surface area (Å²) in [6.45, 7) is 6.45. The van der Waals surface area contributed by atoms with E-state index in [1.54, 1.807) is 0 Å². The van der Waals surface area contributed by atoms with Crippen LogP contribution in [0.4, 0.5) is 0 Å². The first-order chi connectivity index (χ1) is 7.30. The van der Waals surface area contributed by atoms with Crippen LogP contribution in [0.5, 0.6) is 0 Å². The Labute approximate surface area is 92.8 Å². The van der Waals surface area contributed by atoms with Crippen LogP contribution in [0.3, 0.4) is 0 Å². The molecule has 0 saturated carbocycles. The predicted molar refractivity (Wildman–Crippen MR) is 62.1 cm³/mol. The Morgan fingerprint density at radius 3 is 2.60 bits per heavy atom. The van der Waals surface area contributed by atoms with Gasteiger partial charge in [-0.15, -0.1) is 0 Å². The van der Waals surface area contributed by atoms with Crippen molar-refractivity contribution in [2.24, 2.45) is 0 Å². The molecule has 0 unspecified atom stereocenters. The predicted octanol–water partition coefficient (Wildman–Crippen LogP) is 0.518. The highest BCUT2D eigenvalue weighted by atomic mass is 15.4. The van der Waals surface area contributed by atoms with Crippen LogP contribution >= 0.6 is 0 Å². The van der Waals surface area contributed by atoms with E-state index < -0.39 is 0 Å². The molecule has 0 atom stereocenters. The van der Waals surface area contributed by atoms with Crippen molar-refractivity contribution in [2.75, 3.05) is 39.8 Å². The lowest BCUT2D eigenvalue weighted by Crippen LogP contribution is -2.68. The van der Waals surface area contributed by atoms with Gasteiger partial charge in [-0.05, 0) is 52.4 Å². The fraction of sp³-hybridized carbons (Fsp3) is 1.00. The minimum Gasteiger partial charge on any atom is -0.317 e.